The van der Waals surface area contributed by atoms with Crippen molar-refractivity contribution in [2.75, 3.05) is 20.1 Å². The summed E-state index contributed by atoms with van der Waals surface area (Å²) in [7, 11) is 1.89. The minimum Gasteiger partial charge on any atom is -0.356 e. The van der Waals surface area contributed by atoms with E-state index in [0.717, 1.165) is 35.8 Å². The highest BCUT2D eigenvalue weighted by Gasteiger charge is 2.06. The van der Waals surface area contributed by atoms with Crippen molar-refractivity contribution in [1.82, 2.24) is 20.6 Å². The van der Waals surface area contributed by atoms with E-state index in [1.165, 1.54) is 0 Å². The van der Waals surface area contributed by atoms with E-state index < -0.39 is 0 Å². The van der Waals surface area contributed by atoms with Crippen molar-refractivity contribution >= 4 is 17.2 Å². The normalized spacial score (nSPS) is 10.5. The predicted octanol–water partition coefficient (Wildman–Crippen LogP) is 1.86. The van der Waals surface area contributed by atoms with Crippen LogP contribution in [0.2, 0.25) is 0 Å². The van der Waals surface area contributed by atoms with Gasteiger partial charge >= 0.3 is 0 Å². The zero-order valence-electron chi connectivity index (χ0n) is 12.1. The van der Waals surface area contributed by atoms with Crippen LogP contribution in [0, 0.1) is 0 Å². The molecule has 2 aromatic heterocycles. The minimum absolute atomic E-state index is 0.103. The maximum absolute atomic E-state index is 11.6. The average Bonchev–Trinajstić information content (AvgIpc) is 2.97. The van der Waals surface area contributed by atoms with Gasteiger partial charge in [-0.05, 0) is 32.1 Å². The highest BCUT2D eigenvalue weighted by atomic mass is 32.1. The molecule has 0 spiro atoms. The van der Waals surface area contributed by atoms with Gasteiger partial charge in [-0.2, -0.15) is 0 Å². The maximum Gasteiger partial charge on any atom is 0.220 e. The van der Waals surface area contributed by atoms with E-state index in [-0.39, 0.29) is 5.91 Å². The van der Waals surface area contributed by atoms with Crippen LogP contribution in [0.3, 0.4) is 0 Å². The highest BCUT2D eigenvalue weighted by molar-refractivity contribution is 7.09. The minimum atomic E-state index is 0.103. The number of aromatic nitrogens is 2. The van der Waals surface area contributed by atoms with E-state index in [0.29, 0.717) is 13.0 Å². The van der Waals surface area contributed by atoms with Gasteiger partial charge in [-0.1, -0.05) is 6.07 Å². The fourth-order valence-corrected chi connectivity index (χ4v) is 2.67. The van der Waals surface area contributed by atoms with Gasteiger partial charge in [0.05, 0.1) is 16.4 Å². The first-order chi connectivity index (χ1) is 10.3. The Labute approximate surface area is 128 Å². The first kappa shape index (κ1) is 15.6. The van der Waals surface area contributed by atoms with Crippen LogP contribution in [0.15, 0.2) is 29.8 Å². The van der Waals surface area contributed by atoms with E-state index in [1.807, 2.05) is 30.6 Å². The Bertz CT molecular complexity index is 556. The third kappa shape index (κ3) is 5.24. The summed E-state index contributed by atoms with van der Waals surface area (Å²) in [5, 5.41) is 8.98. The molecule has 2 N–H and O–H groups in total. The summed E-state index contributed by atoms with van der Waals surface area (Å²) in [6, 6.07) is 5.79. The standard InChI is InChI=1S/C15H20N4OS/c1-16-8-4-6-14(20)18-10-7-15-19-13(11-21-15)12-5-2-3-9-17-12/h2-3,5,9,11,16H,4,6-8,10H2,1H3,(H,18,20). The lowest BCUT2D eigenvalue weighted by atomic mass is 10.3. The number of hydrogen-bond acceptors (Lipinski definition) is 5. The quantitative estimate of drug-likeness (QED) is 0.731. The van der Waals surface area contributed by atoms with E-state index in [9.17, 15) is 4.79 Å². The second-order valence-electron chi connectivity index (χ2n) is 4.65. The lowest BCUT2D eigenvalue weighted by molar-refractivity contribution is -0.121. The Hall–Kier alpha value is -1.79. The van der Waals surface area contributed by atoms with Crippen molar-refractivity contribution in [1.29, 1.82) is 0 Å². The molecule has 2 aromatic rings. The lowest BCUT2D eigenvalue weighted by Gasteiger charge is -2.03. The number of nitrogens with one attached hydrogen (secondary N) is 2. The van der Waals surface area contributed by atoms with Crippen LogP contribution >= 0.6 is 11.3 Å². The second-order valence-corrected chi connectivity index (χ2v) is 5.59. The molecular formula is C15H20N4OS. The van der Waals surface area contributed by atoms with Gasteiger partial charge in [-0.25, -0.2) is 4.98 Å². The number of pyridine rings is 1. The maximum atomic E-state index is 11.6. The number of thiazole rings is 1. The van der Waals surface area contributed by atoms with Crippen molar-refractivity contribution in [3.8, 4) is 11.4 Å². The van der Waals surface area contributed by atoms with Gasteiger partial charge in [-0.3, -0.25) is 9.78 Å². The monoisotopic (exact) mass is 304 g/mol. The van der Waals surface area contributed by atoms with Gasteiger partial charge in [0.15, 0.2) is 0 Å². The number of carbonyl (C=O) groups excluding carboxylic acids is 1. The van der Waals surface area contributed by atoms with E-state index >= 15 is 0 Å². The van der Waals surface area contributed by atoms with Gasteiger partial charge in [0.2, 0.25) is 5.91 Å². The van der Waals surface area contributed by atoms with E-state index in [4.69, 9.17) is 0 Å². The largest absolute Gasteiger partial charge is 0.356 e. The summed E-state index contributed by atoms with van der Waals surface area (Å²) in [6.07, 6.45) is 3.95. The SMILES string of the molecule is CNCCCC(=O)NCCc1nc(-c2ccccn2)cs1. The highest BCUT2D eigenvalue weighted by Crippen LogP contribution is 2.19. The molecule has 1 amide bonds. The average molecular weight is 304 g/mol. The molecule has 0 aliphatic rings. The topological polar surface area (TPSA) is 66.9 Å². The summed E-state index contributed by atoms with van der Waals surface area (Å²) in [5.74, 6) is 0.103. The Balaban J connectivity index is 1.75. The molecule has 5 nitrogen and oxygen atoms in total. The Morgan fingerprint density at radius 3 is 2.95 bits per heavy atom. The van der Waals surface area contributed by atoms with E-state index in [1.54, 1.807) is 17.5 Å². The Morgan fingerprint density at radius 1 is 1.29 bits per heavy atom. The molecule has 0 fully saturated rings. The molecule has 6 heteroatoms. The van der Waals surface area contributed by atoms with Gasteiger partial charge in [0.25, 0.3) is 0 Å². The molecule has 0 aliphatic carbocycles. The number of hydrogen-bond donors (Lipinski definition) is 2. The number of nitrogens with zero attached hydrogens (tertiary/aromatic N) is 2. The summed E-state index contributed by atoms with van der Waals surface area (Å²) < 4.78 is 0. The van der Waals surface area contributed by atoms with Gasteiger partial charge in [-0.15, -0.1) is 11.3 Å². The first-order valence-corrected chi connectivity index (χ1v) is 7.94. The number of carbonyl (C=O) groups is 1. The van der Waals surface area contributed by atoms with Gasteiger partial charge in [0, 0.05) is 31.0 Å². The third-order valence-electron chi connectivity index (χ3n) is 2.97. The fourth-order valence-electron chi connectivity index (χ4n) is 1.88. The molecule has 21 heavy (non-hydrogen) atoms. The lowest BCUT2D eigenvalue weighted by Crippen LogP contribution is -2.26. The predicted molar refractivity (Wildman–Crippen MR) is 85.2 cm³/mol. The van der Waals surface area contributed by atoms with Crippen LogP contribution in [0.4, 0.5) is 0 Å². The van der Waals surface area contributed by atoms with Crippen molar-refractivity contribution < 1.29 is 4.79 Å². The third-order valence-corrected chi connectivity index (χ3v) is 3.88. The molecule has 0 bridgehead atoms. The fraction of sp³-hybridized carbons (Fsp3) is 0.400. The molecule has 0 saturated carbocycles. The molecule has 0 saturated heterocycles. The van der Waals surface area contributed by atoms with Crippen molar-refractivity contribution in [2.45, 2.75) is 19.3 Å². The number of rotatable bonds is 8. The number of amides is 1. The summed E-state index contributed by atoms with van der Waals surface area (Å²) in [4.78, 5) is 20.4. The Morgan fingerprint density at radius 2 is 2.19 bits per heavy atom. The van der Waals surface area contributed by atoms with Crippen LogP contribution in [0.5, 0.6) is 0 Å². The summed E-state index contributed by atoms with van der Waals surface area (Å²) >= 11 is 1.61. The molecule has 0 radical (unpaired) electrons. The molecule has 0 atom stereocenters. The zero-order valence-corrected chi connectivity index (χ0v) is 12.9. The summed E-state index contributed by atoms with van der Waals surface area (Å²) in [6.45, 7) is 1.50. The Kier molecular flexibility index (Phi) is 6.30. The van der Waals surface area contributed by atoms with Crippen LogP contribution in [0.25, 0.3) is 11.4 Å². The van der Waals surface area contributed by atoms with Crippen molar-refractivity contribution in [3.63, 3.8) is 0 Å². The molecule has 2 rings (SSSR count). The summed E-state index contributed by atoms with van der Waals surface area (Å²) in [5.41, 5.74) is 1.78. The molecule has 0 unspecified atom stereocenters. The van der Waals surface area contributed by atoms with Gasteiger partial charge < -0.3 is 10.6 Å². The van der Waals surface area contributed by atoms with Gasteiger partial charge in [0.1, 0.15) is 0 Å². The molecule has 0 aliphatic heterocycles. The van der Waals surface area contributed by atoms with Crippen LogP contribution in [0.1, 0.15) is 17.8 Å². The first-order valence-electron chi connectivity index (χ1n) is 7.06. The molecule has 112 valence electrons. The molecule has 2 heterocycles. The zero-order chi connectivity index (χ0) is 14.9. The molecule has 0 aromatic carbocycles. The van der Waals surface area contributed by atoms with Crippen LogP contribution < -0.4 is 10.6 Å². The van der Waals surface area contributed by atoms with E-state index in [2.05, 4.69) is 20.6 Å². The molecular weight excluding hydrogens is 284 g/mol. The smallest absolute Gasteiger partial charge is 0.220 e. The van der Waals surface area contributed by atoms with Crippen LogP contribution in [-0.4, -0.2) is 36.0 Å². The van der Waals surface area contributed by atoms with Crippen molar-refractivity contribution in [3.05, 3.63) is 34.8 Å². The van der Waals surface area contributed by atoms with Crippen molar-refractivity contribution in [2.24, 2.45) is 0 Å². The van der Waals surface area contributed by atoms with Crippen LogP contribution in [-0.2, 0) is 11.2 Å². The second kappa shape index (κ2) is 8.49.